The number of para-hydroxylation sites is 1. The van der Waals surface area contributed by atoms with E-state index in [4.69, 9.17) is 9.52 Å². The van der Waals surface area contributed by atoms with E-state index in [1.54, 1.807) is 12.1 Å². The van der Waals surface area contributed by atoms with Gasteiger partial charge in [-0.1, -0.05) is 18.2 Å². The fourth-order valence-electron chi connectivity index (χ4n) is 2.24. The molecule has 0 aliphatic carbocycles. The molecule has 2 aromatic rings. The van der Waals surface area contributed by atoms with Gasteiger partial charge in [0.15, 0.2) is 0 Å². The summed E-state index contributed by atoms with van der Waals surface area (Å²) in [5, 5.41) is 8.43. The number of fused-ring (bicyclic) bond motifs is 1. The monoisotopic (exact) mass is 293 g/mol. The number of carboxylic acid groups (broad SMARTS) is 1. The Hall–Kier alpha value is -2.28. The number of rotatable bonds is 3. The van der Waals surface area contributed by atoms with Crippen LogP contribution in [0.25, 0.3) is 0 Å². The molecular formula is C13H11NO5S. The van der Waals surface area contributed by atoms with Crippen molar-refractivity contribution in [3.05, 3.63) is 47.7 Å². The number of hydrogen-bond acceptors (Lipinski definition) is 4. The van der Waals surface area contributed by atoms with Crippen LogP contribution in [-0.4, -0.2) is 26.0 Å². The minimum atomic E-state index is -3.86. The topological polar surface area (TPSA) is 87.8 Å². The normalized spacial score (nSPS) is 14.3. The van der Waals surface area contributed by atoms with Gasteiger partial charge in [0, 0.05) is 6.54 Å². The number of carbonyl (C=O) groups is 1. The summed E-state index contributed by atoms with van der Waals surface area (Å²) in [7, 11) is -3.86. The van der Waals surface area contributed by atoms with Crippen LogP contribution in [0.2, 0.25) is 0 Å². The number of anilines is 1. The molecule has 1 aromatic heterocycles. The molecule has 2 heterocycles. The summed E-state index contributed by atoms with van der Waals surface area (Å²) in [5.41, 5.74) is 1.56. The minimum Gasteiger partial charge on any atom is -0.475 e. The summed E-state index contributed by atoms with van der Waals surface area (Å²) in [6.45, 7) is 0.324. The van der Waals surface area contributed by atoms with Crippen LogP contribution in [0.1, 0.15) is 16.1 Å². The number of sulfonamides is 1. The maximum Gasteiger partial charge on any atom is 0.371 e. The quantitative estimate of drug-likeness (QED) is 0.931. The molecule has 1 aliphatic heterocycles. The Balaban J connectivity index is 2.03. The molecule has 0 saturated heterocycles. The van der Waals surface area contributed by atoms with Crippen molar-refractivity contribution in [2.75, 3.05) is 10.8 Å². The Bertz CT molecular complexity index is 778. The summed E-state index contributed by atoms with van der Waals surface area (Å²) in [4.78, 5) is 10.8. The van der Waals surface area contributed by atoms with E-state index in [-0.39, 0.29) is 5.09 Å². The molecular weight excluding hydrogens is 282 g/mol. The molecule has 3 rings (SSSR count). The fourth-order valence-corrected chi connectivity index (χ4v) is 3.66. The van der Waals surface area contributed by atoms with Crippen LogP contribution >= 0.6 is 0 Å². The van der Waals surface area contributed by atoms with Crippen molar-refractivity contribution in [2.24, 2.45) is 0 Å². The first-order valence-corrected chi connectivity index (χ1v) is 7.38. The molecule has 0 spiro atoms. The average Bonchev–Trinajstić information content (AvgIpc) is 3.06. The predicted molar refractivity (Wildman–Crippen MR) is 70.3 cm³/mol. The Morgan fingerprint density at radius 3 is 2.65 bits per heavy atom. The number of hydrogen-bond donors (Lipinski definition) is 1. The van der Waals surface area contributed by atoms with Crippen LogP contribution in [0, 0.1) is 0 Å². The van der Waals surface area contributed by atoms with Crippen molar-refractivity contribution in [3.63, 3.8) is 0 Å². The summed E-state index contributed by atoms with van der Waals surface area (Å²) in [6, 6.07) is 9.51. The Kier molecular flexibility index (Phi) is 2.79. The van der Waals surface area contributed by atoms with E-state index < -0.39 is 21.8 Å². The van der Waals surface area contributed by atoms with Crippen molar-refractivity contribution < 1.29 is 22.7 Å². The van der Waals surface area contributed by atoms with Gasteiger partial charge in [0.2, 0.25) is 10.9 Å². The highest BCUT2D eigenvalue weighted by molar-refractivity contribution is 7.92. The molecule has 20 heavy (non-hydrogen) atoms. The maximum absolute atomic E-state index is 12.5. The van der Waals surface area contributed by atoms with Gasteiger partial charge in [-0.15, -0.1) is 0 Å². The number of aromatic carboxylic acids is 1. The van der Waals surface area contributed by atoms with E-state index in [2.05, 4.69) is 0 Å². The third kappa shape index (κ3) is 1.87. The lowest BCUT2D eigenvalue weighted by Gasteiger charge is -2.17. The lowest BCUT2D eigenvalue weighted by atomic mass is 10.2. The average molecular weight is 293 g/mol. The lowest BCUT2D eigenvalue weighted by Crippen LogP contribution is -2.28. The zero-order chi connectivity index (χ0) is 14.3. The van der Waals surface area contributed by atoms with Crippen LogP contribution < -0.4 is 4.31 Å². The highest BCUT2D eigenvalue weighted by Gasteiger charge is 2.33. The largest absolute Gasteiger partial charge is 0.475 e. The van der Waals surface area contributed by atoms with E-state index in [1.807, 2.05) is 12.1 Å². The molecule has 0 bridgehead atoms. The number of benzene rings is 1. The SMILES string of the molecule is O=C(O)c1ccc(S(=O)(=O)N2CCc3ccccc32)o1. The van der Waals surface area contributed by atoms with Crippen LogP contribution in [0.5, 0.6) is 0 Å². The summed E-state index contributed by atoms with van der Waals surface area (Å²) < 4.78 is 31.1. The van der Waals surface area contributed by atoms with Crippen LogP contribution in [0.15, 0.2) is 45.9 Å². The van der Waals surface area contributed by atoms with Gasteiger partial charge in [0.05, 0.1) is 5.69 Å². The zero-order valence-corrected chi connectivity index (χ0v) is 11.1. The van der Waals surface area contributed by atoms with E-state index in [9.17, 15) is 13.2 Å². The van der Waals surface area contributed by atoms with Gasteiger partial charge in [0.25, 0.3) is 10.0 Å². The molecule has 0 fully saturated rings. The van der Waals surface area contributed by atoms with Crippen molar-refractivity contribution in [1.29, 1.82) is 0 Å². The van der Waals surface area contributed by atoms with Gasteiger partial charge in [-0.25, -0.2) is 4.79 Å². The van der Waals surface area contributed by atoms with Gasteiger partial charge in [-0.2, -0.15) is 8.42 Å². The van der Waals surface area contributed by atoms with E-state index in [0.717, 1.165) is 11.6 Å². The van der Waals surface area contributed by atoms with Crippen molar-refractivity contribution >= 4 is 21.7 Å². The molecule has 104 valence electrons. The van der Waals surface area contributed by atoms with Gasteiger partial charge >= 0.3 is 5.97 Å². The highest BCUT2D eigenvalue weighted by atomic mass is 32.2. The second kappa shape index (κ2) is 4.38. The first kappa shape index (κ1) is 12.7. The summed E-state index contributed by atoms with van der Waals surface area (Å²) in [6.07, 6.45) is 0.627. The Labute approximate surface area is 115 Å². The second-order valence-electron chi connectivity index (χ2n) is 4.38. The number of nitrogens with zero attached hydrogens (tertiary/aromatic N) is 1. The molecule has 1 aromatic carbocycles. The highest BCUT2D eigenvalue weighted by Crippen LogP contribution is 2.33. The van der Waals surface area contributed by atoms with E-state index in [0.29, 0.717) is 18.7 Å². The molecule has 7 heteroatoms. The molecule has 0 saturated carbocycles. The van der Waals surface area contributed by atoms with Crippen molar-refractivity contribution in [2.45, 2.75) is 11.5 Å². The number of carboxylic acids is 1. The third-order valence-corrected chi connectivity index (χ3v) is 4.87. The van der Waals surface area contributed by atoms with Crippen LogP contribution in [-0.2, 0) is 16.4 Å². The number of furan rings is 1. The molecule has 1 N–H and O–H groups in total. The molecule has 0 radical (unpaired) electrons. The van der Waals surface area contributed by atoms with Crippen molar-refractivity contribution in [3.8, 4) is 0 Å². The Morgan fingerprint density at radius 2 is 1.95 bits per heavy atom. The van der Waals surface area contributed by atoms with Gasteiger partial charge in [-0.3, -0.25) is 4.31 Å². The van der Waals surface area contributed by atoms with Gasteiger partial charge in [-0.05, 0) is 30.2 Å². The molecule has 0 unspecified atom stereocenters. The standard InChI is InChI=1S/C13H11NO5S/c15-13(16)11-5-6-12(19-11)20(17,18)14-8-7-9-3-1-2-4-10(9)14/h1-6H,7-8H2,(H,15,16). The van der Waals surface area contributed by atoms with E-state index in [1.165, 1.54) is 10.4 Å². The third-order valence-electron chi connectivity index (χ3n) is 3.18. The first-order valence-electron chi connectivity index (χ1n) is 5.94. The summed E-state index contributed by atoms with van der Waals surface area (Å²) in [5.74, 6) is -1.69. The van der Waals surface area contributed by atoms with Gasteiger partial charge in [0.1, 0.15) is 0 Å². The lowest BCUT2D eigenvalue weighted by molar-refractivity contribution is 0.0656. The first-order chi connectivity index (χ1) is 9.50. The summed E-state index contributed by atoms with van der Waals surface area (Å²) >= 11 is 0. The second-order valence-corrected chi connectivity index (χ2v) is 6.17. The minimum absolute atomic E-state index is 0.324. The van der Waals surface area contributed by atoms with E-state index >= 15 is 0 Å². The fraction of sp³-hybridized carbons (Fsp3) is 0.154. The zero-order valence-electron chi connectivity index (χ0n) is 10.3. The molecule has 0 amide bonds. The van der Waals surface area contributed by atoms with Crippen molar-refractivity contribution in [1.82, 2.24) is 0 Å². The smallest absolute Gasteiger partial charge is 0.371 e. The predicted octanol–water partition coefficient (Wildman–Crippen LogP) is 1.73. The molecule has 0 atom stereocenters. The van der Waals surface area contributed by atoms with Crippen LogP contribution in [0.4, 0.5) is 5.69 Å². The van der Waals surface area contributed by atoms with Gasteiger partial charge < -0.3 is 9.52 Å². The maximum atomic E-state index is 12.5. The molecule has 6 nitrogen and oxygen atoms in total. The van der Waals surface area contributed by atoms with Crippen LogP contribution in [0.3, 0.4) is 0 Å². The molecule has 1 aliphatic rings. The Morgan fingerprint density at radius 1 is 1.20 bits per heavy atom.